The lowest BCUT2D eigenvalue weighted by Crippen LogP contribution is -2.28. The van der Waals surface area contributed by atoms with Crippen LogP contribution in [-0.2, 0) is 4.79 Å². The van der Waals surface area contributed by atoms with E-state index in [4.69, 9.17) is 4.74 Å². The third-order valence-corrected chi connectivity index (χ3v) is 6.02. The molecule has 31 heavy (non-hydrogen) atoms. The van der Waals surface area contributed by atoms with Crippen molar-refractivity contribution in [1.29, 1.82) is 0 Å². The van der Waals surface area contributed by atoms with Crippen LogP contribution in [0.4, 0.5) is 0 Å². The Balaban J connectivity index is 0.00000112. The smallest absolute Gasteiger partial charge is 0.259 e. The van der Waals surface area contributed by atoms with Gasteiger partial charge in [0.05, 0.1) is 22.1 Å². The quantitative estimate of drug-likeness (QED) is 0.519. The summed E-state index contributed by atoms with van der Waals surface area (Å²) in [6.07, 6.45) is 2.51. The van der Waals surface area contributed by atoms with E-state index in [1.165, 1.54) is 0 Å². The first-order valence-electron chi connectivity index (χ1n) is 10.4. The van der Waals surface area contributed by atoms with Gasteiger partial charge in [0.1, 0.15) is 17.5 Å². The number of carbonyl (C=O) groups is 1. The summed E-state index contributed by atoms with van der Waals surface area (Å²) in [5.74, 6) is 1.10. The average Bonchev–Trinajstić information content (AvgIpc) is 3.44. The van der Waals surface area contributed by atoms with Gasteiger partial charge in [-0.3, -0.25) is 14.6 Å². The van der Waals surface area contributed by atoms with Gasteiger partial charge in [-0.15, -0.1) is 11.3 Å². The normalized spacial score (nSPS) is 15.7. The maximum absolute atomic E-state index is 12.7. The molecule has 0 bridgehead atoms. The minimum absolute atomic E-state index is 0.0528. The van der Waals surface area contributed by atoms with Crippen molar-refractivity contribution in [2.24, 2.45) is 0 Å². The zero-order valence-electron chi connectivity index (χ0n) is 17.7. The van der Waals surface area contributed by atoms with Crippen molar-refractivity contribution in [1.82, 2.24) is 19.9 Å². The lowest BCUT2D eigenvalue weighted by Gasteiger charge is -2.15. The van der Waals surface area contributed by atoms with Crippen molar-refractivity contribution in [2.75, 3.05) is 13.1 Å². The first-order valence-corrected chi connectivity index (χ1v) is 11.2. The van der Waals surface area contributed by atoms with E-state index in [9.17, 15) is 9.59 Å². The molecule has 1 unspecified atom stereocenters. The van der Waals surface area contributed by atoms with Gasteiger partial charge in [-0.25, -0.2) is 4.98 Å². The molecule has 7 nitrogen and oxygen atoms in total. The van der Waals surface area contributed by atoms with E-state index in [1.54, 1.807) is 41.5 Å². The molecule has 1 aliphatic rings. The summed E-state index contributed by atoms with van der Waals surface area (Å²) < 4.78 is 7.08. The van der Waals surface area contributed by atoms with Gasteiger partial charge >= 0.3 is 0 Å². The van der Waals surface area contributed by atoms with E-state index in [-0.39, 0.29) is 17.6 Å². The highest BCUT2D eigenvalue weighted by molar-refractivity contribution is 7.17. The second-order valence-electron chi connectivity index (χ2n) is 7.12. The number of rotatable bonds is 3. The van der Waals surface area contributed by atoms with Crippen LogP contribution in [0, 0.1) is 0 Å². The highest BCUT2D eigenvalue weighted by atomic mass is 32.1. The number of benzene rings is 1. The number of hydrogen-bond donors (Lipinski definition) is 1. The zero-order valence-corrected chi connectivity index (χ0v) is 18.5. The number of likely N-dealkylation sites (tertiary alicyclic amines) is 1. The Morgan fingerprint density at radius 3 is 2.87 bits per heavy atom. The van der Waals surface area contributed by atoms with E-state index < -0.39 is 0 Å². The highest BCUT2D eigenvalue weighted by Crippen LogP contribution is 2.25. The summed E-state index contributed by atoms with van der Waals surface area (Å²) in [5.41, 5.74) is 0.977. The lowest BCUT2D eigenvalue weighted by molar-refractivity contribution is -0.128. The maximum Gasteiger partial charge on any atom is 0.259 e. The van der Waals surface area contributed by atoms with Gasteiger partial charge in [-0.1, -0.05) is 13.8 Å². The molecule has 0 saturated carbocycles. The number of thiophene rings is 1. The number of aromatic nitrogens is 3. The Morgan fingerprint density at radius 1 is 1.26 bits per heavy atom. The molecular weight excluding hydrogens is 412 g/mol. The van der Waals surface area contributed by atoms with Crippen molar-refractivity contribution in [3.05, 3.63) is 52.3 Å². The topological polar surface area (TPSA) is 88.2 Å². The number of carbonyl (C=O) groups excluding carboxylic acids is 1. The maximum atomic E-state index is 12.7. The Labute approximate surface area is 183 Å². The van der Waals surface area contributed by atoms with Crippen LogP contribution < -0.4 is 10.3 Å². The second kappa shape index (κ2) is 8.85. The molecule has 0 aliphatic carbocycles. The van der Waals surface area contributed by atoms with Gasteiger partial charge in [-0.2, -0.15) is 0 Å². The lowest BCUT2D eigenvalue weighted by atomic mass is 10.2. The van der Waals surface area contributed by atoms with Crippen LogP contribution in [0.1, 0.15) is 27.2 Å². The van der Waals surface area contributed by atoms with Gasteiger partial charge in [0, 0.05) is 26.1 Å². The number of hydrogen-bond acceptors (Lipinski definition) is 6. The molecule has 160 valence electrons. The number of ether oxygens (including phenoxy) is 1. The Morgan fingerprint density at radius 2 is 2.10 bits per heavy atom. The highest BCUT2D eigenvalue weighted by Gasteiger charge is 2.25. The van der Waals surface area contributed by atoms with Crippen LogP contribution in [0.15, 0.2) is 46.7 Å². The summed E-state index contributed by atoms with van der Waals surface area (Å²) in [6.45, 7) is 6.82. The summed E-state index contributed by atoms with van der Waals surface area (Å²) in [7, 11) is 0. The number of pyridine rings is 1. The van der Waals surface area contributed by atoms with Gasteiger partial charge in [0.2, 0.25) is 5.91 Å². The van der Waals surface area contributed by atoms with Crippen molar-refractivity contribution in [3.8, 4) is 17.3 Å². The molecule has 1 saturated heterocycles. The fourth-order valence-electron chi connectivity index (χ4n) is 3.61. The van der Waals surface area contributed by atoms with E-state index in [1.807, 2.05) is 37.4 Å². The monoisotopic (exact) mass is 436 g/mol. The van der Waals surface area contributed by atoms with E-state index in [0.29, 0.717) is 41.3 Å². The zero-order chi connectivity index (χ0) is 22.0. The number of nitrogens with zero attached hydrogens (tertiary/aromatic N) is 3. The average molecular weight is 437 g/mol. The minimum Gasteiger partial charge on any atom is -0.488 e. The molecule has 3 aromatic heterocycles. The first kappa shape index (κ1) is 21.0. The van der Waals surface area contributed by atoms with Crippen molar-refractivity contribution in [2.45, 2.75) is 33.3 Å². The molecule has 1 aliphatic heterocycles. The molecule has 1 amide bonds. The fourth-order valence-corrected chi connectivity index (χ4v) is 4.35. The van der Waals surface area contributed by atoms with Crippen LogP contribution in [-0.4, -0.2) is 45.0 Å². The Kier molecular flexibility index (Phi) is 5.99. The number of amides is 1. The molecule has 0 radical (unpaired) electrons. The number of aromatic amines is 1. The number of fused-ring (bicyclic) bond motifs is 2. The molecule has 1 aromatic carbocycles. The molecule has 4 aromatic rings. The molecule has 4 heterocycles. The second-order valence-corrected chi connectivity index (χ2v) is 8.06. The van der Waals surface area contributed by atoms with Crippen molar-refractivity contribution >= 4 is 38.2 Å². The molecule has 5 rings (SSSR count). The van der Waals surface area contributed by atoms with Crippen molar-refractivity contribution in [3.63, 3.8) is 0 Å². The molecule has 1 N–H and O–H groups in total. The Bertz CT molecular complexity index is 1300. The SMILES string of the molecule is CC.CC(=O)N1CCC(Oc2ccc3nc(-c4cc5ccsc5cn4)[nH]c(=O)c3c2)C1. The van der Waals surface area contributed by atoms with E-state index >= 15 is 0 Å². The molecule has 8 heteroatoms. The molecular formula is C23H24N4O3S. The van der Waals surface area contributed by atoms with E-state index in [2.05, 4.69) is 15.0 Å². The van der Waals surface area contributed by atoms with Crippen LogP contribution in [0.2, 0.25) is 0 Å². The summed E-state index contributed by atoms with van der Waals surface area (Å²) >= 11 is 1.62. The molecule has 1 atom stereocenters. The van der Waals surface area contributed by atoms with Crippen LogP contribution >= 0.6 is 11.3 Å². The fraction of sp³-hybridized carbons (Fsp3) is 0.304. The first-order chi connectivity index (χ1) is 15.1. The van der Waals surface area contributed by atoms with Gasteiger partial charge in [-0.05, 0) is 41.1 Å². The third-order valence-electron chi connectivity index (χ3n) is 5.15. The van der Waals surface area contributed by atoms with Gasteiger partial charge in [0.25, 0.3) is 5.56 Å². The van der Waals surface area contributed by atoms with Crippen LogP contribution in [0.25, 0.3) is 32.5 Å². The predicted molar refractivity (Wildman–Crippen MR) is 124 cm³/mol. The van der Waals surface area contributed by atoms with Gasteiger partial charge < -0.3 is 14.6 Å². The van der Waals surface area contributed by atoms with Crippen molar-refractivity contribution < 1.29 is 9.53 Å². The summed E-state index contributed by atoms with van der Waals surface area (Å²) in [6, 6.07) is 9.24. The summed E-state index contributed by atoms with van der Waals surface area (Å²) in [4.78, 5) is 37.8. The largest absolute Gasteiger partial charge is 0.488 e. The predicted octanol–water partition coefficient (Wildman–Crippen LogP) is 4.23. The molecule has 1 fully saturated rings. The van der Waals surface area contributed by atoms with Crippen LogP contribution in [0.3, 0.4) is 0 Å². The minimum atomic E-state index is -0.237. The van der Waals surface area contributed by atoms with Gasteiger partial charge in [0.15, 0.2) is 5.82 Å². The third kappa shape index (κ3) is 4.29. The van der Waals surface area contributed by atoms with E-state index in [0.717, 1.165) is 16.5 Å². The Hall–Kier alpha value is -3.26. The number of H-pyrrole nitrogens is 1. The molecule has 0 spiro atoms. The number of nitrogens with one attached hydrogen (secondary N) is 1. The standard InChI is InChI=1S/C21H18N4O3S.C2H6/c1-12(26)25-6-4-15(11-25)28-14-2-3-17-16(9-14)21(27)24-20(23-17)18-8-13-5-7-29-19(13)10-22-18;1-2/h2-3,5,7-10,15H,4,6,11H2,1H3,(H,23,24,27);1-2H3. The van der Waals surface area contributed by atoms with Crippen LogP contribution in [0.5, 0.6) is 5.75 Å². The summed E-state index contributed by atoms with van der Waals surface area (Å²) in [5, 5.41) is 3.54.